The van der Waals surface area contributed by atoms with Gasteiger partial charge in [-0.15, -0.1) is 0 Å². The highest BCUT2D eigenvalue weighted by Crippen LogP contribution is 2.20. The number of ether oxygens (including phenoxy) is 1. The minimum Gasteiger partial charge on any atom is -0.445 e. The lowest BCUT2D eigenvalue weighted by atomic mass is 10.1. The van der Waals surface area contributed by atoms with Gasteiger partial charge in [-0.2, -0.15) is 0 Å². The molecule has 2 aromatic carbocycles. The molecule has 2 aromatic rings. The van der Waals surface area contributed by atoms with Gasteiger partial charge in [-0.1, -0.05) is 52.3 Å². The van der Waals surface area contributed by atoms with Crippen LogP contribution in [0.1, 0.15) is 21.5 Å². The number of halogens is 1. The van der Waals surface area contributed by atoms with Crippen molar-refractivity contribution in [3.8, 4) is 0 Å². The molecule has 1 N–H and O–H groups in total. The van der Waals surface area contributed by atoms with Gasteiger partial charge in [0.05, 0.1) is 13.1 Å². The van der Waals surface area contributed by atoms with Crippen molar-refractivity contribution >= 4 is 33.7 Å². The maximum absolute atomic E-state index is 12.5. The molecular weight excluding hydrogens is 412 g/mol. The van der Waals surface area contributed by atoms with E-state index in [2.05, 4.69) is 21.2 Å². The third-order valence-corrected chi connectivity index (χ3v) is 5.28. The maximum Gasteiger partial charge on any atom is 0.410 e. The molecule has 7 heteroatoms. The van der Waals surface area contributed by atoms with Crippen LogP contribution in [0.3, 0.4) is 0 Å². The molecule has 0 radical (unpaired) electrons. The fourth-order valence-corrected chi connectivity index (χ4v) is 3.22. The number of rotatable bonds is 4. The molecule has 27 heavy (non-hydrogen) atoms. The van der Waals surface area contributed by atoms with E-state index in [4.69, 9.17) is 4.74 Å². The highest BCUT2D eigenvalue weighted by Gasteiger charge is 2.35. The van der Waals surface area contributed by atoms with E-state index in [0.717, 1.165) is 15.6 Å². The third kappa shape index (κ3) is 4.54. The molecule has 1 heterocycles. The molecule has 0 bridgehead atoms. The number of carbonyl (C=O) groups excluding carboxylic acids is 3. The number of ketones is 1. The average molecular weight is 431 g/mol. The lowest BCUT2D eigenvalue weighted by Crippen LogP contribution is -2.41. The van der Waals surface area contributed by atoms with Crippen LogP contribution in [0.5, 0.6) is 0 Å². The van der Waals surface area contributed by atoms with Crippen LogP contribution in [0.25, 0.3) is 0 Å². The van der Waals surface area contributed by atoms with Crippen molar-refractivity contribution in [2.45, 2.75) is 19.6 Å². The molecule has 1 aliphatic rings. The van der Waals surface area contributed by atoms with E-state index in [0.29, 0.717) is 5.56 Å². The minimum absolute atomic E-state index is 0.0734. The van der Waals surface area contributed by atoms with Crippen LogP contribution < -0.4 is 5.32 Å². The first-order chi connectivity index (χ1) is 13.0. The largest absolute Gasteiger partial charge is 0.445 e. The quantitative estimate of drug-likeness (QED) is 0.808. The lowest BCUT2D eigenvalue weighted by Gasteiger charge is -2.16. The molecule has 3 rings (SSSR count). The van der Waals surface area contributed by atoms with E-state index >= 15 is 0 Å². The Morgan fingerprint density at radius 1 is 1.19 bits per heavy atom. The minimum atomic E-state index is -0.736. The number of carbonyl (C=O) groups is 3. The fourth-order valence-electron chi connectivity index (χ4n) is 2.85. The lowest BCUT2D eigenvalue weighted by molar-refractivity contribution is -0.118. The molecule has 1 fully saturated rings. The topological polar surface area (TPSA) is 75.7 Å². The summed E-state index contributed by atoms with van der Waals surface area (Å²) in [4.78, 5) is 38.2. The summed E-state index contributed by atoms with van der Waals surface area (Å²) < 4.78 is 6.07. The van der Waals surface area contributed by atoms with Crippen molar-refractivity contribution in [1.82, 2.24) is 10.2 Å². The molecule has 1 saturated heterocycles. The van der Waals surface area contributed by atoms with Crippen molar-refractivity contribution in [2.75, 3.05) is 13.1 Å². The van der Waals surface area contributed by atoms with Crippen molar-refractivity contribution in [2.24, 2.45) is 0 Å². The first-order valence-electron chi connectivity index (χ1n) is 8.50. The predicted molar refractivity (Wildman–Crippen MR) is 103 cm³/mol. The van der Waals surface area contributed by atoms with E-state index in [9.17, 15) is 14.4 Å². The highest BCUT2D eigenvalue weighted by molar-refractivity contribution is 9.10. The van der Waals surface area contributed by atoms with Crippen LogP contribution in [-0.2, 0) is 16.1 Å². The summed E-state index contributed by atoms with van der Waals surface area (Å²) in [5.41, 5.74) is 2.15. The van der Waals surface area contributed by atoms with Crippen molar-refractivity contribution in [3.63, 3.8) is 0 Å². The zero-order valence-electron chi connectivity index (χ0n) is 14.8. The van der Waals surface area contributed by atoms with Gasteiger partial charge in [-0.05, 0) is 30.2 Å². The summed E-state index contributed by atoms with van der Waals surface area (Å²) in [6, 6.07) is 13.9. The molecule has 6 nitrogen and oxygen atoms in total. The average Bonchev–Trinajstić information content (AvgIpc) is 3.03. The van der Waals surface area contributed by atoms with E-state index in [1.54, 1.807) is 12.1 Å². The number of Topliss-reactive ketones (excluding diaryl/α,β-unsaturated/α-hetero) is 1. The second kappa shape index (κ2) is 8.35. The summed E-state index contributed by atoms with van der Waals surface area (Å²) in [5, 5.41) is 2.71. The summed E-state index contributed by atoms with van der Waals surface area (Å²) >= 11 is 3.39. The summed E-state index contributed by atoms with van der Waals surface area (Å²) in [6.45, 7) is 1.99. The van der Waals surface area contributed by atoms with Crippen LogP contribution in [0, 0.1) is 6.92 Å². The Bertz CT molecular complexity index is 870. The molecule has 0 saturated carbocycles. The van der Waals surface area contributed by atoms with Gasteiger partial charge in [0, 0.05) is 10.0 Å². The molecule has 0 aromatic heterocycles. The summed E-state index contributed by atoms with van der Waals surface area (Å²) in [5.74, 6) is -0.556. The molecule has 1 aliphatic heterocycles. The summed E-state index contributed by atoms with van der Waals surface area (Å²) in [6.07, 6.45) is -0.567. The number of amides is 2. The van der Waals surface area contributed by atoms with Gasteiger partial charge in [-0.3, -0.25) is 14.5 Å². The van der Waals surface area contributed by atoms with Gasteiger partial charge in [0.2, 0.25) is 0 Å². The van der Waals surface area contributed by atoms with Crippen molar-refractivity contribution < 1.29 is 19.1 Å². The Kier molecular flexibility index (Phi) is 5.91. The molecular formula is C20H19BrN2O4. The Morgan fingerprint density at radius 2 is 1.93 bits per heavy atom. The molecule has 0 spiro atoms. The van der Waals surface area contributed by atoms with Crippen molar-refractivity contribution in [1.29, 1.82) is 0 Å². The fraction of sp³-hybridized carbons (Fsp3) is 0.250. The number of hydrogen-bond acceptors (Lipinski definition) is 4. The smallest absolute Gasteiger partial charge is 0.410 e. The molecule has 1 atom stereocenters. The Hall–Kier alpha value is -2.67. The van der Waals surface area contributed by atoms with E-state index in [-0.39, 0.29) is 31.4 Å². The van der Waals surface area contributed by atoms with Gasteiger partial charge in [0.15, 0.2) is 5.78 Å². The van der Waals surface area contributed by atoms with Crippen LogP contribution in [-0.4, -0.2) is 41.8 Å². The first-order valence-corrected chi connectivity index (χ1v) is 9.29. The summed E-state index contributed by atoms with van der Waals surface area (Å²) in [7, 11) is 0. The van der Waals surface area contributed by atoms with Crippen LogP contribution in [0.15, 0.2) is 53.0 Å². The monoisotopic (exact) mass is 430 g/mol. The Labute approximate surface area is 165 Å². The number of nitrogens with zero attached hydrogens (tertiary/aromatic N) is 1. The van der Waals surface area contributed by atoms with Gasteiger partial charge in [-0.25, -0.2) is 4.79 Å². The van der Waals surface area contributed by atoms with Crippen LogP contribution in [0.2, 0.25) is 0 Å². The van der Waals surface area contributed by atoms with E-state index < -0.39 is 12.1 Å². The zero-order valence-corrected chi connectivity index (χ0v) is 16.4. The molecule has 140 valence electrons. The Morgan fingerprint density at radius 3 is 2.67 bits per heavy atom. The first kappa shape index (κ1) is 19.1. The van der Waals surface area contributed by atoms with E-state index in [1.807, 2.05) is 43.3 Å². The molecule has 1 unspecified atom stereocenters. The maximum atomic E-state index is 12.5. The molecule has 2 amide bonds. The number of likely N-dealkylation sites (tertiary alicyclic amines) is 1. The van der Waals surface area contributed by atoms with Gasteiger partial charge in [0.1, 0.15) is 12.6 Å². The van der Waals surface area contributed by atoms with Crippen LogP contribution >= 0.6 is 15.9 Å². The second-order valence-electron chi connectivity index (χ2n) is 6.33. The molecule has 0 aliphatic carbocycles. The normalized spacial score (nSPS) is 16.3. The number of hydrogen-bond donors (Lipinski definition) is 1. The SMILES string of the molecule is Cc1c(Br)cccc1C(=O)NC1CN(C(=O)OCc2ccccc2)CC1=O. The number of benzene rings is 2. The van der Waals surface area contributed by atoms with Gasteiger partial charge >= 0.3 is 6.09 Å². The third-order valence-electron chi connectivity index (χ3n) is 4.42. The Balaban J connectivity index is 1.57. The standard InChI is InChI=1S/C20H19BrN2O4/c1-13-15(8-5-9-16(13)21)19(25)22-17-10-23(11-18(17)24)20(26)27-12-14-6-3-2-4-7-14/h2-9,17H,10-12H2,1H3,(H,22,25). The predicted octanol–water partition coefficient (Wildman–Crippen LogP) is 3.08. The van der Waals surface area contributed by atoms with Crippen molar-refractivity contribution in [3.05, 3.63) is 69.7 Å². The van der Waals surface area contributed by atoms with Gasteiger partial charge in [0.25, 0.3) is 5.91 Å². The van der Waals surface area contributed by atoms with E-state index in [1.165, 1.54) is 4.90 Å². The second-order valence-corrected chi connectivity index (χ2v) is 7.18. The highest BCUT2D eigenvalue weighted by atomic mass is 79.9. The van der Waals surface area contributed by atoms with Gasteiger partial charge < -0.3 is 10.1 Å². The van der Waals surface area contributed by atoms with Crippen LogP contribution in [0.4, 0.5) is 4.79 Å². The zero-order chi connectivity index (χ0) is 19.4. The number of nitrogens with one attached hydrogen (secondary N) is 1.